The first kappa shape index (κ1) is 15.8. The summed E-state index contributed by atoms with van der Waals surface area (Å²) in [6.45, 7) is 7.80. The summed E-state index contributed by atoms with van der Waals surface area (Å²) in [6.07, 6.45) is 2.56. The van der Waals surface area contributed by atoms with Gasteiger partial charge in [-0.25, -0.2) is 0 Å². The van der Waals surface area contributed by atoms with Crippen LogP contribution in [0.3, 0.4) is 0 Å². The molecule has 5 nitrogen and oxygen atoms in total. The first-order valence-electron chi connectivity index (χ1n) is 7.57. The van der Waals surface area contributed by atoms with Gasteiger partial charge in [-0.05, 0) is 36.8 Å². The Bertz CT molecular complexity index is 520. The zero-order valence-electron chi connectivity index (χ0n) is 13.0. The van der Waals surface area contributed by atoms with E-state index in [-0.39, 0.29) is 10.6 Å². The lowest BCUT2D eigenvalue weighted by Gasteiger charge is -2.39. The van der Waals surface area contributed by atoms with Gasteiger partial charge < -0.3 is 10.0 Å². The van der Waals surface area contributed by atoms with Crippen LogP contribution in [0.4, 0.5) is 11.4 Å². The molecule has 1 N–H and O–H groups in total. The second-order valence-electron chi connectivity index (χ2n) is 6.33. The monoisotopic (exact) mass is 292 g/mol. The van der Waals surface area contributed by atoms with Crippen LogP contribution in [0.5, 0.6) is 0 Å². The number of anilines is 1. The molecule has 0 radical (unpaired) electrons. The van der Waals surface area contributed by atoms with Gasteiger partial charge >= 0.3 is 0 Å². The molecule has 1 saturated heterocycles. The molecule has 21 heavy (non-hydrogen) atoms. The minimum absolute atomic E-state index is 0.0912. The summed E-state index contributed by atoms with van der Waals surface area (Å²) < 4.78 is 0. The average molecular weight is 292 g/mol. The molecular formula is C16H24N2O3. The van der Waals surface area contributed by atoms with Crippen LogP contribution < -0.4 is 4.90 Å². The smallest absolute Gasteiger partial charge is 0.292 e. The van der Waals surface area contributed by atoms with Gasteiger partial charge in [0, 0.05) is 19.2 Å². The van der Waals surface area contributed by atoms with E-state index < -0.39 is 6.10 Å². The Kier molecular flexibility index (Phi) is 4.52. The van der Waals surface area contributed by atoms with E-state index in [1.807, 2.05) is 0 Å². The van der Waals surface area contributed by atoms with Crippen molar-refractivity contribution in [2.75, 3.05) is 18.0 Å². The Morgan fingerprint density at radius 3 is 2.52 bits per heavy atom. The Morgan fingerprint density at radius 2 is 2.05 bits per heavy atom. The molecule has 1 heterocycles. The molecule has 0 aromatic heterocycles. The number of aliphatic hydroxyl groups excluding tert-OH is 1. The molecule has 5 heteroatoms. The molecule has 0 spiro atoms. The number of hydrogen-bond acceptors (Lipinski definition) is 4. The van der Waals surface area contributed by atoms with Crippen LogP contribution in [0.15, 0.2) is 18.2 Å². The predicted octanol–water partition coefficient (Wildman–Crippen LogP) is 3.66. The first-order valence-corrected chi connectivity index (χ1v) is 7.57. The SMILES string of the molecule is CCC1(C)CCN(c2ccc([C@H](C)O)cc2[N+](=O)[O-])CC1. The number of hydrogen-bond donors (Lipinski definition) is 1. The third kappa shape index (κ3) is 3.35. The second-order valence-corrected chi connectivity index (χ2v) is 6.33. The van der Waals surface area contributed by atoms with Gasteiger partial charge in [0.25, 0.3) is 5.69 Å². The van der Waals surface area contributed by atoms with Crippen LogP contribution in [-0.4, -0.2) is 23.1 Å². The summed E-state index contributed by atoms with van der Waals surface area (Å²) in [5, 5.41) is 20.9. The Morgan fingerprint density at radius 1 is 1.43 bits per heavy atom. The van der Waals surface area contributed by atoms with Gasteiger partial charge in [0.1, 0.15) is 5.69 Å². The highest BCUT2D eigenvalue weighted by molar-refractivity contribution is 5.64. The molecular weight excluding hydrogens is 268 g/mol. The lowest BCUT2D eigenvalue weighted by atomic mass is 9.78. The Labute approximate surface area is 125 Å². The number of nitro groups is 1. The molecule has 1 aromatic carbocycles. The quantitative estimate of drug-likeness (QED) is 0.679. The van der Waals surface area contributed by atoms with E-state index in [2.05, 4.69) is 18.7 Å². The molecule has 1 atom stereocenters. The molecule has 0 saturated carbocycles. The predicted molar refractivity (Wildman–Crippen MR) is 83.6 cm³/mol. The fraction of sp³-hybridized carbons (Fsp3) is 0.625. The molecule has 0 amide bonds. The lowest BCUT2D eigenvalue weighted by molar-refractivity contribution is -0.384. The van der Waals surface area contributed by atoms with E-state index in [1.165, 1.54) is 6.07 Å². The van der Waals surface area contributed by atoms with Crippen LogP contribution in [0, 0.1) is 15.5 Å². The summed E-state index contributed by atoms with van der Waals surface area (Å²) in [7, 11) is 0. The lowest BCUT2D eigenvalue weighted by Crippen LogP contribution is -2.38. The zero-order chi connectivity index (χ0) is 15.6. The second kappa shape index (κ2) is 6.02. The fourth-order valence-corrected chi connectivity index (χ4v) is 2.85. The van der Waals surface area contributed by atoms with Crippen molar-refractivity contribution < 1.29 is 10.0 Å². The van der Waals surface area contributed by atoms with Gasteiger partial charge in [-0.3, -0.25) is 10.1 Å². The van der Waals surface area contributed by atoms with Crippen LogP contribution in [0.1, 0.15) is 51.7 Å². The number of benzene rings is 1. The summed E-state index contributed by atoms with van der Waals surface area (Å²) in [5.74, 6) is 0. The van der Waals surface area contributed by atoms with Crippen molar-refractivity contribution in [3.05, 3.63) is 33.9 Å². The van der Waals surface area contributed by atoms with Crippen LogP contribution >= 0.6 is 0 Å². The molecule has 1 fully saturated rings. The maximum absolute atomic E-state index is 11.3. The van der Waals surface area contributed by atoms with Crippen molar-refractivity contribution in [2.24, 2.45) is 5.41 Å². The summed E-state index contributed by atoms with van der Waals surface area (Å²) in [6, 6.07) is 5.04. The van der Waals surface area contributed by atoms with Gasteiger partial charge in [0.15, 0.2) is 0 Å². The van der Waals surface area contributed by atoms with E-state index in [1.54, 1.807) is 19.1 Å². The highest BCUT2D eigenvalue weighted by Crippen LogP contribution is 2.38. The number of nitro benzene ring substituents is 1. The summed E-state index contributed by atoms with van der Waals surface area (Å²) in [4.78, 5) is 13.1. The Hall–Kier alpha value is -1.62. The minimum atomic E-state index is -0.692. The van der Waals surface area contributed by atoms with Crippen LogP contribution in [0.25, 0.3) is 0 Å². The highest BCUT2D eigenvalue weighted by atomic mass is 16.6. The maximum Gasteiger partial charge on any atom is 0.292 e. The number of aliphatic hydroxyl groups is 1. The molecule has 1 aliphatic rings. The van der Waals surface area contributed by atoms with E-state index in [0.717, 1.165) is 32.4 Å². The molecule has 2 rings (SSSR count). The third-order valence-corrected chi connectivity index (χ3v) is 4.84. The van der Waals surface area contributed by atoms with E-state index in [4.69, 9.17) is 0 Å². The normalized spacial score (nSPS) is 19.3. The topological polar surface area (TPSA) is 66.6 Å². The van der Waals surface area contributed by atoms with Crippen molar-refractivity contribution in [1.29, 1.82) is 0 Å². The van der Waals surface area contributed by atoms with E-state index >= 15 is 0 Å². The van der Waals surface area contributed by atoms with E-state index in [9.17, 15) is 15.2 Å². The molecule has 0 aliphatic carbocycles. The average Bonchev–Trinajstić information content (AvgIpc) is 2.47. The number of nitrogens with zero attached hydrogens (tertiary/aromatic N) is 2. The van der Waals surface area contributed by atoms with Crippen molar-refractivity contribution >= 4 is 11.4 Å². The summed E-state index contributed by atoms with van der Waals surface area (Å²) in [5.41, 5.74) is 1.70. The molecule has 1 aromatic rings. The molecule has 0 bridgehead atoms. The van der Waals surface area contributed by atoms with Gasteiger partial charge in [0.2, 0.25) is 0 Å². The standard InChI is InChI=1S/C16H24N2O3/c1-4-16(3)7-9-17(10-8-16)14-6-5-13(12(2)19)11-15(14)18(20)21/h5-6,11-12,19H,4,7-10H2,1-3H3/t12-/m0/s1. The number of piperidine rings is 1. The van der Waals surface area contributed by atoms with Crippen molar-refractivity contribution in [3.8, 4) is 0 Å². The van der Waals surface area contributed by atoms with Gasteiger partial charge in [-0.1, -0.05) is 26.3 Å². The van der Waals surface area contributed by atoms with Crippen molar-refractivity contribution in [2.45, 2.75) is 46.1 Å². The van der Waals surface area contributed by atoms with Crippen LogP contribution in [0.2, 0.25) is 0 Å². The van der Waals surface area contributed by atoms with Gasteiger partial charge in [-0.15, -0.1) is 0 Å². The van der Waals surface area contributed by atoms with Gasteiger partial charge in [0.05, 0.1) is 11.0 Å². The molecule has 1 aliphatic heterocycles. The van der Waals surface area contributed by atoms with Crippen LogP contribution in [-0.2, 0) is 0 Å². The maximum atomic E-state index is 11.3. The molecule has 116 valence electrons. The third-order valence-electron chi connectivity index (χ3n) is 4.84. The first-order chi connectivity index (χ1) is 9.86. The van der Waals surface area contributed by atoms with Crippen molar-refractivity contribution in [1.82, 2.24) is 0 Å². The minimum Gasteiger partial charge on any atom is -0.389 e. The van der Waals surface area contributed by atoms with Gasteiger partial charge in [-0.2, -0.15) is 0 Å². The van der Waals surface area contributed by atoms with E-state index in [0.29, 0.717) is 16.7 Å². The van der Waals surface area contributed by atoms with Crippen molar-refractivity contribution in [3.63, 3.8) is 0 Å². The Balaban J connectivity index is 2.26. The highest BCUT2D eigenvalue weighted by Gasteiger charge is 2.31. The largest absolute Gasteiger partial charge is 0.389 e. The fourth-order valence-electron chi connectivity index (χ4n) is 2.85. The zero-order valence-corrected chi connectivity index (χ0v) is 13.0. The summed E-state index contributed by atoms with van der Waals surface area (Å²) >= 11 is 0. The number of rotatable bonds is 4. The molecule has 0 unspecified atom stereocenters.